The van der Waals surface area contributed by atoms with E-state index in [0.29, 0.717) is 5.92 Å². The van der Waals surface area contributed by atoms with E-state index in [1.165, 1.54) is 7.11 Å². The molecular formula is C13H25NO3. The van der Waals surface area contributed by atoms with Gasteiger partial charge >= 0.3 is 6.09 Å². The Morgan fingerprint density at radius 1 is 1.47 bits per heavy atom. The summed E-state index contributed by atoms with van der Waals surface area (Å²) in [6.07, 6.45) is 2.72. The smallest absolute Gasteiger partial charge is 0.407 e. The van der Waals surface area contributed by atoms with Crippen molar-refractivity contribution in [2.24, 2.45) is 11.3 Å². The van der Waals surface area contributed by atoms with Crippen molar-refractivity contribution in [3.05, 3.63) is 0 Å². The van der Waals surface area contributed by atoms with Gasteiger partial charge in [0.15, 0.2) is 0 Å². The molecule has 0 saturated carbocycles. The maximum Gasteiger partial charge on any atom is 0.407 e. The largest absolute Gasteiger partial charge is 0.453 e. The van der Waals surface area contributed by atoms with Crippen LogP contribution in [0.4, 0.5) is 4.79 Å². The average Bonchev–Trinajstić information content (AvgIpc) is 2.36. The Hall–Kier alpha value is -0.770. The van der Waals surface area contributed by atoms with Gasteiger partial charge in [0.25, 0.3) is 0 Å². The van der Waals surface area contributed by atoms with Crippen LogP contribution in [0.2, 0.25) is 0 Å². The molecule has 1 fully saturated rings. The summed E-state index contributed by atoms with van der Waals surface area (Å²) >= 11 is 0. The molecule has 1 saturated heterocycles. The number of nitrogens with one attached hydrogen (secondary N) is 1. The van der Waals surface area contributed by atoms with Crippen LogP contribution in [0.1, 0.15) is 40.0 Å². The molecule has 0 aromatic rings. The third-order valence-electron chi connectivity index (χ3n) is 3.95. The molecule has 1 amide bonds. The molecule has 1 heterocycles. The van der Waals surface area contributed by atoms with Gasteiger partial charge in [0.2, 0.25) is 0 Å². The number of methoxy groups -OCH3 is 1. The van der Waals surface area contributed by atoms with E-state index >= 15 is 0 Å². The monoisotopic (exact) mass is 243 g/mol. The van der Waals surface area contributed by atoms with E-state index in [-0.39, 0.29) is 17.6 Å². The van der Waals surface area contributed by atoms with E-state index in [1.54, 1.807) is 0 Å². The highest BCUT2D eigenvalue weighted by molar-refractivity contribution is 5.67. The van der Waals surface area contributed by atoms with E-state index in [9.17, 15) is 4.79 Å². The second-order valence-corrected chi connectivity index (χ2v) is 5.41. The lowest BCUT2D eigenvalue weighted by molar-refractivity contribution is 0.0300. The Bertz CT molecular complexity index is 247. The van der Waals surface area contributed by atoms with Crippen LogP contribution in [-0.4, -0.2) is 32.5 Å². The van der Waals surface area contributed by atoms with E-state index in [0.717, 1.165) is 32.5 Å². The minimum atomic E-state index is -0.331. The van der Waals surface area contributed by atoms with Crippen molar-refractivity contribution in [3.8, 4) is 0 Å². The molecule has 1 N–H and O–H groups in total. The number of alkyl carbamates (subject to hydrolysis) is 1. The van der Waals surface area contributed by atoms with E-state index in [2.05, 4.69) is 26.1 Å². The number of hydrogen-bond donors (Lipinski definition) is 1. The molecule has 1 aliphatic heterocycles. The lowest BCUT2D eigenvalue weighted by atomic mass is 9.73. The average molecular weight is 243 g/mol. The number of carbonyl (C=O) groups excluding carboxylic acids is 1. The maximum atomic E-state index is 11.5. The van der Waals surface area contributed by atoms with Crippen molar-refractivity contribution in [1.29, 1.82) is 0 Å². The highest BCUT2D eigenvalue weighted by Crippen LogP contribution is 2.34. The Balaban J connectivity index is 2.73. The van der Waals surface area contributed by atoms with E-state index < -0.39 is 0 Å². The van der Waals surface area contributed by atoms with Gasteiger partial charge < -0.3 is 14.8 Å². The Morgan fingerprint density at radius 2 is 2.06 bits per heavy atom. The van der Waals surface area contributed by atoms with Crippen molar-refractivity contribution < 1.29 is 14.3 Å². The molecular weight excluding hydrogens is 218 g/mol. The summed E-state index contributed by atoms with van der Waals surface area (Å²) in [5, 5.41) is 3.01. The molecule has 0 radical (unpaired) electrons. The number of amides is 1. The summed E-state index contributed by atoms with van der Waals surface area (Å²) in [5.74, 6) is 0.484. The van der Waals surface area contributed by atoms with Crippen molar-refractivity contribution in [1.82, 2.24) is 5.32 Å². The van der Waals surface area contributed by atoms with Crippen LogP contribution in [0.15, 0.2) is 0 Å². The molecule has 0 spiro atoms. The van der Waals surface area contributed by atoms with Crippen molar-refractivity contribution >= 4 is 6.09 Å². The van der Waals surface area contributed by atoms with E-state index in [4.69, 9.17) is 9.47 Å². The number of ether oxygens (including phenoxy) is 2. The zero-order chi connectivity index (χ0) is 12.9. The second kappa shape index (κ2) is 6.24. The minimum Gasteiger partial charge on any atom is -0.453 e. The third kappa shape index (κ3) is 3.87. The van der Waals surface area contributed by atoms with Crippen LogP contribution < -0.4 is 5.32 Å². The van der Waals surface area contributed by atoms with Gasteiger partial charge in [-0.15, -0.1) is 0 Å². The Morgan fingerprint density at radius 3 is 2.53 bits per heavy atom. The van der Waals surface area contributed by atoms with Gasteiger partial charge in [-0.2, -0.15) is 0 Å². The van der Waals surface area contributed by atoms with Gasteiger partial charge in [0, 0.05) is 19.3 Å². The van der Waals surface area contributed by atoms with E-state index in [1.807, 2.05) is 0 Å². The fourth-order valence-corrected chi connectivity index (χ4v) is 2.41. The van der Waals surface area contributed by atoms with Gasteiger partial charge in [-0.3, -0.25) is 0 Å². The summed E-state index contributed by atoms with van der Waals surface area (Å²) in [4.78, 5) is 11.5. The zero-order valence-corrected chi connectivity index (χ0v) is 11.4. The summed E-state index contributed by atoms with van der Waals surface area (Å²) < 4.78 is 10.1. The molecule has 1 atom stereocenters. The number of rotatable bonds is 4. The van der Waals surface area contributed by atoms with Crippen LogP contribution in [0.25, 0.3) is 0 Å². The molecule has 17 heavy (non-hydrogen) atoms. The second-order valence-electron chi connectivity index (χ2n) is 5.41. The predicted molar refractivity (Wildman–Crippen MR) is 66.9 cm³/mol. The van der Waals surface area contributed by atoms with Crippen molar-refractivity contribution in [3.63, 3.8) is 0 Å². The fourth-order valence-electron chi connectivity index (χ4n) is 2.41. The first-order valence-electron chi connectivity index (χ1n) is 6.43. The Kier molecular flexibility index (Phi) is 5.25. The predicted octanol–water partition coefficient (Wildman–Crippen LogP) is 2.57. The van der Waals surface area contributed by atoms with Crippen molar-refractivity contribution in [2.75, 3.05) is 20.3 Å². The standard InChI is InChI=1S/C13H25NO3/c1-5-13(2,3)11(14-12(15)16-4)10-6-8-17-9-7-10/h10-11H,5-9H2,1-4H3,(H,14,15). The lowest BCUT2D eigenvalue weighted by Crippen LogP contribution is -2.50. The summed E-state index contributed by atoms with van der Waals surface area (Å²) in [6, 6.07) is 0.156. The molecule has 1 rings (SSSR count). The van der Waals surface area contributed by atoms with Gasteiger partial charge in [0.05, 0.1) is 7.11 Å². The molecule has 0 bridgehead atoms. The van der Waals surface area contributed by atoms with Crippen LogP contribution in [0.3, 0.4) is 0 Å². The lowest BCUT2D eigenvalue weighted by Gasteiger charge is -2.40. The summed E-state index contributed by atoms with van der Waals surface area (Å²) in [5.41, 5.74) is 0.0796. The van der Waals surface area contributed by atoms with Crippen LogP contribution >= 0.6 is 0 Å². The topological polar surface area (TPSA) is 47.6 Å². The quantitative estimate of drug-likeness (QED) is 0.825. The minimum absolute atomic E-state index is 0.0796. The van der Waals surface area contributed by atoms with Crippen LogP contribution in [0, 0.1) is 11.3 Å². The molecule has 1 unspecified atom stereocenters. The van der Waals surface area contributed by atoms with Crippen LogP contribution in [-0.2, 0) is 9.47 Å². The molecule has 100 valence electrons. The molecule has 0 aromatic heterocycles. The van der Waals surface area contributed by atoms with Gasteiger partial charge in [-0.1, -0.05) is 20.8 Å². The first kappa shape index (κ1) is 14.3. The van der Waals surface area contributed by atoms with Gasteiger partial charge in [0.1, 0.15) is 0 Å². The van der Waals surface area contributed by atoms with Crippen molar-refractivity contribution in [2.45, 2.75) is 46.1 Å². The van der Waals surface area contributed by atoms with Gasteiger partial charge in [-0.05, 0) is 30.6 Å². The molecule has 1 aliphatic rings. The zero-order valence-electron chi connectivity index (χ0n) is 11.4. The molecule has 0 aromatic carbocycles. The van der Waals surface area contributed by atoms with Gasteiger partial charge in [-0.25, -0.2) is 4.79 Å². The molecule has 4 nitrogen and oxygen atoms in total. The number of hydrogen-bond acceptors (Lipinski definition) is 3. The number of carbonyl (C=O) groups is 1. The normalized spacial score (nSPS) is 19.8. The highest BCUT2D eigenvalue weighted by Gasteiger charge is 2.36. The Labute approximate surface area is 104 Å². The first-order valence-corrected chi connectivity index (χ1v) is 6.43. The maximum absolute atomic E-state index is 11.5. The fraction of sp³-hybridized carbons (Fsp3) is 0.923. The van der Waals surface area contributed by atoms with Crippen LogP contribution in [0.5, 0.6) is 0 Å². The summed E-state index contributed by atoms with van der Waals surface area (Å²) in [6.45, 7) is 8.14. The third-order valence-corrected chi connectivity index (χ3v) is 3.95. The molecule has 4 heteroatoms. The highest BCUT2D eigenvalue weighted by atomic mass is 16.5. The SMILES string of the molecule is CCC(C)(C)C(NC(=O)OC)C1CCOCC1. The first-order chi connectivity index (χ1) is 8.01. The molecule has 0 aliphatic carbocycles. The summed E-state index contributed by atoms with van der Waals surface area (Å²) in [7, 11) is 1.41.